The topological polar surface area (TPSA) is 73.1 Å². The molecular weight excluding hydrogens is 220 g/mol. The summed E-state index contributed by atoms with van der Waals surface area (Å²) in [5, 5.41) is 10.6. The van der Waals surface area contributed by atoms with Crippen LogP contribution in [0.1, 0.15) is 10.5 Å². The van der Waals surface area contributed by atoms with Crippen LogP contribution < -0.4 is 0 Å². The third kappa shape index (κ3) is 2.34. The number of rotatable bonds is 3. The Morgan fingerprint density at radius 1 is 1.18 bits per heavy atom. The molecule has 17 heavy (non-hydrogen) atoms. The average Bonchev–Trinajstić information content (AvgIpc) is 2.39. The van der Waals surface area contributed by atoms with E-state index in [-0.39, 0.29) is 5.69 Å². The summed E-state index contributed by atoms with van der Waals surface area (Å²) in [4.78, 5) is 24.8. The molecule has 5 heteroatoms. The molecule has 0 atom stereocenters. The third-order valence-electron chi connectivity index (χ3n) is 2.24. The summed E-state index contributed by atoms with van der Waals surface area (Å²) in [5.74, 6) is 0. The normalized spacial score (nSPS) is 9.88. The van der Waals surface area contributed by atoms with Crippen molar-refractivity contribution in [1.82, 2.24) is 4.98 Å². The number of aldehydes is 1. The lowest BCUT2D eigenvalue weighted by atomic mass is 10.1. The van der Waals surface area contributed by atoms with Crippen LogP contribution in [0, 0.1) is 10.1 Å². The van der Waals surface area contributed by atoms with Gasteiger partial charge in [0.05, 0.1) is 10.6 Å². The number of non-ortho nitro benzene ring substituents is 1. The van der Waals surface area contributed by atoms with E-state index in [2.05, 4.69) is 4.98 Å². The van der Waals surface area contributed by atoms with Crippen LogP contribution in [0.4, 0.5) is 5.69 Å². The molecule has 0 saturated heterocycles. The average molecular weight is 228 g/mol. The summed E-state index contributed by atoms with van der Waals surface area (Å²) in [6.45, 7) is 0. The molecule has 0 spiro atoms. The van der Waals surface area contributed by atoms with Crippen LogP contribution in [0.25, 0.3) is 11.3 Å². The molecule has 0 aliphatic heterocycles. The van der Waals surface area contributed by atoms with Crippen LogP contribution in [0.15, 0.2) is 42.5 Å². The Balaban J connectivity index is 2.48. The molecule has 0 bridgehead atoms. The van der Waals surface area contributed by atoms with Gasteiger partial charge >= 0.3 is 0 Å². The van der Waals surface area contributed by atoms with Crippen molar-refractivity contribution in [3.05, 3.63) is 58.3 Å². The Labute approximate surface area is 96.9 Å². The van der Waals surface area contributed by atoms with Crippen molar-refractivity contribution in [1.29, 1.82) is 0 Å². The molecule has 5 nitrogen and oxygen atoms in total. The number of nitro groups is 1. The van der Waals surface area contributed by atoms with Crippen LogP contribution in [0.5, 0.6) is 0 Å². The highest BCUT2D eigenvalue weighted by Crippen LogP contribution is 2.21. The monoisotopic (exact) mass is 228 g/mol. The predicted molar refractivity (Wildman–Crippen MR) is 61.7 cm³/mol. The molecular formula is C12H8N2O3. The van der Waals surface area contributed by atoms with Gasteiger partial charge in [-0.25, -0.2) is 4.98 Å². The fraction of sp³-hybridized carbons (Fsp3) is 0. The Kier molecular flexibility index (Phi) is 2.91. The number of nitrogens with zero attached hydrogens (tertiary/aromatic N) is 2. The minimum atomic E-state index is -0.465. The smallest absolute Gasteiger partial charge is 0.270 e. The van der Waals surface area contributed by atoms with Crippen LogP contribution in [-0.4, -0.2) is 16.2 Å². The van der Waals surface area contributed by atoms with Gasteiger partial charge in [-0.3, -0.25) is 14.9 Å². The largest absolute Gasteiger partial charge is 0.296 e. The number of aromatic nitrogens is 1. The van der Waals surface area contributed by atoms with E-state index in [1.54, 1.807) is 30.3 Å². The maximum absolute atomic E-state index is 10.6. The second kappa shape index (κ2) is 4.52. The van der Waals surface area contributed by atoms with E-state index in [0.717, 1.165) is 0 Å². The summed E-state index contributed by atoms with van der Waals surface area (Å²) in [6, 6.07) is 11.1. The first-order valence-corrected chi connectivity index (χ1v) is 4.88. The van der Waals surface area contributed by atoms with E-state index in [1.807, 2.05) is 0 Å². The number of nitro benzene ring substituents is 1. The number of hydrogen-bond acceptors (Lipinski definition) is 4. The van der Waals surface area contributed by atoms with Gasteiger partial charge in [-0.05, 0) is 12.1 Å². The molecule has 0 amide bonds. The molecule has 0 saturated carbocycles. The van der Waals surface area contributed by atoms with E-state index < -0.39 is 4.92 Å². The maximum Gasteiger partial charge on any atom is 0.270 e. The number of benzene rings is 1. The molecule has 0 radical (unpaired) electrons. The molecule has 0 fully saturated rings. The van der Waals surface area contributed by atoms with Gasteiger partial charge in [0.2, 0.25) is 0 Å². The van der Waals surface area contributed by atoms with Crippen molar-refractivity contribution in [2.24, 2.45) is 0 Å². The lowest BCUT2D eigenvalue weighted by Gasteiger charge is -2.01. The summed E-state index contributed by atoms with van der Waals surface area (Å²) >= 11 is 0. The van der Waals surface area contributed by atoms with E-state index in [4.69, 9.17) is 0 Å². The lowest BCUT2D eigenvalue weighted by molar-refractivity contribution is -0.384. The number of carbonyl (C=O) groups is 1. The highest BCUT2D eigenvalue weighted by Gasteiger charge is 2.07. The van der Waals surface area contributed by atoms with Gasteiger partial charge in [0.25, 0.3) is 5.69 Å². The molecule has 0 aliphatic rings. The van der Waals surface area contributed by atoms with Crippen LogP contribution in [0.3, 0.4) is 0 Å². The first-order valence-electron chi connectivity index (χ1n) is 4.88. The SMILES string of the molecule is O=Cc1cccc(-c2cccc([N+](=O)[O-])c2)n1. The van der Waals surface area contributed by atoms with Gasteiger partial charge in [0.15, 0.2) is 6.29 Å². The Morgan fingerprint density at radius 2 is 1.94 bits per heavy atom. The third-order valence-corrected chi connectivity index (χ3v) is 2.24. The highest BCUT2D eigenvalue weighted by atomic mass is 16.6. The van der Waals surface area contributed by atoms with E-state index >= 15 is 0 Å². The molecule has 1 aromatic heterocycles. The van der Waals surface area contributed by atoms with E-state index in [0.29, 0.717) is 23.2 Å². The predicted octanol–water partition coefficient (Wildman–Crippen LogP) is 2.47. The second-order valence-electron chi connectivity index (χ2n) is 3.37. The zero-order valence-electron chi connectivity index (χ0n) is 8.74. The minimum Gasteiger partial charge on any atom is -0.296 e. The number of pyridine rings is 1. The highest BCUT2D eigenvalue weighted by molar-refractivity contribution is 5.74. The summed E-state index contributed by atoms with van der Waals surface area (Å²) in [5.41, 5.74) is 1.45. The van der Waals surface area contributed by atoms with Crippen molar-refractivity contribution in [2.75, 3.05) is 0 Å². The van der Waals surface area contributed by atoms with Crippen LogP contribution in [0.2, 0.25) is 0 Å². The zero-order chi connectivity index (χ0) is 12.3. The van der Waals surface area contributed by atoms with Crippen molar-refractivity contribution < 1.29 is 9.72 Å². The van der Waals surface area contributed by atoms with E-state index in [1.165, 1.54) is 12.1 Å². The lowest BCUT2D eigenvalue weighted by Crippen LogP contribution is -1.91. The molecule has 84 valence electrons. The number of hydrogen-bond donors (Lipinski definition) is 0. The Hall–Kier alpha value is -2.56. The minimum absolute atomic E-state index is 0.000746. The standard InChI is InChI=1S/C12H8N2O3/c15-8-10-4-2-6-12(13-10)9-3-1-5-11(7-9)14(16)17/h1-8H. The van der Waals surface area contributed by atoms with Gasteiger partial charge in [0, 0.05) is 17.7 Å². The Morgan fingerprint density at radius 3 is 2.65 bits per heavy atom. The van der Waals surface area contributed by atoms with Gasteiger partial charge in [0.1, 0.15) is 5.69 Å². The zero-order valence-corrected chi connectivity index (χ0v) is 8.74. The second-order valence-corrected chi connectivity index (χ2v) is 3.37. The molecule has 0 unspecified atom stereocenters. The van der Waals surface area contributed by atoms with Crippen molar-refractivity contribution >= 4 is 12.0 Å². The van der Waals surface area contributed by atoms with Crippen LogP contribution in [-0.2, 0) is 0 Å². The van der Waals surface area contributed by atoms with Crippen molar-refractivity contribution in [3.8, 4) is 11.3 Å². The fourth-order valence-corrected chi connectivity index (χ4v) is 1.46. The molecule has 0 N–H and O–H groups in total. The molecule has 2 rings (SSSR count). The molecule has 1 heterocycles. The quantitative estimate of drug-likeness (QED) is 0.459. The summed E-state index contributed by atoms with van der Waals surface area (Å²) in [7, 11) is 0. The molecule has 1 aromatic carbocycles. The van der Waals surface area contributed by atoms with Gasteiger partial charge in [-0.2, -0.15) is 0 Å². The van der Waals surface area contributed by atoms with Gasteiger partial charge < -0.3 is 0 Å². The van der Waals surface area contributed by atoms with Crippen molar-refractivity contribution in [2.45, 2.75) is 0 Å². The summed E-state index contributed by atoms with van der Waals surface area (Å²) < 4.78 is 0. The first kappa shape index (κ1) is 10.9. The van der Waals surface area contributed by atoms with E-state index in [9.17, 15) is 14.9 Å². The van der Waals surface area contributed by atoms with Crippen LogP contribution >= 0.6 is 0 Å². The molecule has 2 aromatic rings. The maximum atomic E-state index is 10.6. The van der Waals surface area contributed by atoms with Crippen molar-refractivity contribution in [3.63, 3.8) is 0 Å². The number of carbonyl (C=O) groups excluding carboxylic acids is 1. The first-order chi connectivity index (χ1) is 8.20. The Bertz CT molecular complexity index is 581. The summed E-state index contributed by atoms with van der Waals surface area (Å²) in [6.07, 6.45) is 0.640. The van der Waals surface area contributed by atoms with Gasteiger partial charge in [-0.1, -0.05) is 18.2 Å². The van der Waals surface area contributed by atoms with Gasteiger partial charge in [-0.15, -0.1) is 0 Å². The molecule has 0 aliphatic carbocycles. The fourth-order valence-electron chi connectivity index (χ4n) is 1.46.